The number of amidine groups is 1. The normalized spacial score (nSPS) is 19.1. The van der Waals surface area contributed by atoms with Gasteiger partial charge in [0.25, 0.3) is 5.91 Å². The molecule has 3 heterocycles. The van der Waals surface area contributed by atoms with Crippen molar-refractivity contribution in [2.24, 2.45) is 5.73 Å². The molecule has 1 atom stereocenters. The number of thiazole rings is 1. The van der Waals surface area contributed by atoms with E-state index in [9.17, 15) is 9.59 Å². The van der Waals surface area contributed by atoms with Gasteiger partial charge in [-0.25, -0.2) is 4.98 Å². The molecular formula is C26H40N8O2S. The van der Waals surface area contributed by atoms with Crippen LogP contribution in [0.3, 0.4) is 0 Å². The summed E-state index contributed by atoms with van der Waals surface area (Å²) in [7, 11) is 1.79. The average Bonchev–Trinajstić information content (AvgIpc) is 3.46. The number of aryl methyl sites for hydroxylation is 2. The van der Waals surface area contributed by atoms with Crippen LogP contribution in [0, 0.1) is 19.3 Å². The van der Waals surface area contributed by atoms with Crippen molar-refractivity contribution in [2.45, 2.75) is 59.9 Å². The molecular weight excluding hydrogens is 488 g/mol. The average molecular weight is 529 g/mol. The van der Waals surface area contributed by atoms with E-state index in [4.69, 9.17) is 11.1 Å². The first-order valence-corrected chi connectivity index (χ1v) is 13.5. The minimum Gasteiger partial charge on any atom is -0.384 e. The van der Waals surface area contributed by atoms with E-state index in [2.05, 4.69) is 39.7 Å². The van der Waals surface area contributed by atoms with Crippen LogP contribution in [-0.4, -0.2) is 71.7 Å². The third-order valence-electron chi connectivity index (χ3n) is 6.77. The number of hydrogen-bond donors (Lipinski definition) is 5. The van der Waals surface area contributed by atoms with Crippen LogP contribution in [0.5, 0.6) is 0 Å². The highest BCUT2D eigenvalue weighted by atomic mass is 32.1. The number of allylic oxidation sites excluding steroid dienone is 1. The van der Waals surface area contributed by atoms with E-state index in [-0.39, 0.29) is 23.7 Å². The van der Waals surface area contributed by atoms with Crippen LogP contribution in [0.1, 0.15) is 60.4 Å². The Bertz CT molecular complexity index is 1150. The fourth-order valence-corrected chi connectivity index (χ4v) is 5.60. The summed E-state index contributed by atoms with van der Waals surface area (Å²) in [5, 5.41) is 19.2. The van der Waals surface area contributed by atoms with Crippen molar-refractivity contribution in [2.75, 3.05) is 33.2 Å². The molecule has 1 aromatic heterocycles. The second-order valence-electron chi connectivity index (χ2n) is 9.56. The predicted molar refractivity (Wildman–Crippen MR) is 148 cm³/mol. The van der Waals surface area contributed by atoms with Gasteiger partial charge in [0.1, 0.15) is 16.5 Å². The zero-order chi connectivity index (χ0) is 27.3. The smallest absolute Gasteiger partial charge is 0.263 e. The molecule has 3 rings (SSSR count). The molecule has 1 unspecified atom stereocenters. The van der Waals surface area contributed by atoms with Crippen LogP contribution >= 0.6 is 11.3 Å². The van der Waals surface area contributed by atoms with Gasteiger partial charge < -0.3 is 31.5 Å². The number of piperidine rings is 1. The second kappa shape index (κ2) is 12.3. The summed E-state index contributed by atoms with van der Waals surface area (Å²) >= 11 is 1.41. The summed E-state index contributed by atoms with van der Waals surface area (Å²) in [6.07, 6.45) is 4.54. The first-order chi connectivity index (χ1) is 17.5. The van der Waals surface area contributed by atoms with Gasteiger partial charge in [-0.15, -0.1) is 11.3 Å². The highest BCUT2D eigenvalue weighted by Crippen LogP contribution is 2.28. The quantitative estimate of drug-likeness (QED) is 0.188. The molecule has 1 fully saturated rings. The van der Waals surface area contributed by atoms with Gasteiger partial charge in [-0.1, -0.05) is 6.92 Å². The summed E-state index contributed by atoms with van der Waals surface area (Å²) < 4.78 is 0. The lowest BCUT2D eigenvalue weighted by Gasteiger charge is -2.38. The summed E-state index contributed by atoms with van der Waals surface area (Å²) in [5.41, 5.74) is 10.4. The molecule has 6 N–H and O–H groups in total. The van der Waals surface area contributed by atoms with Crippen LogP contribution < -0.4 is 21.7 Å². The van der Waals surface area contributed by atoms with Crippen molar-refractivity contribution in [3.63, 3.8) is 0 Å². The molecule has 0 radical (unpaired) electrons. The van der Waals surface area contributed by atoms with Crippen LogP contribution in [-0.2, 0) is 4.79 Å². The molecule has 10 nitrogen and oxygen atoms in total. The third-order valence-corrected chi connectivity index (χ3v) is 7.85. The fraction of sp³-hybridized carbons (Fsp3) is 0.538. The lowest BCUT2D eigenvalue weighted by atomic mass is 9.98. The standard InChI is InChI=1S/C26H40N8O2S/c1-7-15(2)22(21(24(27)28)25(29-6)31-20-10-12-33(13-20)18(5)35)34-11-8-9-19(14-34)32-26(36)23-16(3)30-17(4)37-23/h10,19,29,31H,7-9,11-14H2,1-6H3,(H3,27,28)(H,32,36)/b22-15?,25-21+. The molecule has 2 aliphatic rings. The molecule has 0 aliphatic carbocycles. The first-order valence-electron chi connectivity index (χ1n) is 12.7. The number of carbonyl (C=O) groups is 2. The van der Waals surface area contributed by atoms with Crippen LogP contribution in [0.2, 0.25) is 0 Å². The number of hydrogen-bond acceptors (Lipinski definition) is 8. The second-order valence-corrected chi connectivity index (χ2v) is 10.8. The van der Waals surface area contributed by atoms with Crippen LogP contribution in [0.4, 0.5) is 0 Å². The molecule has 11 heteroatoms. The van der Waals surface area contributed by atoms with Gasteiger partial charge in [-0.05, 0) is 51.7 Å². The Morgan fingerprint density at radius 2 is 2.00 bits per heavy atom. The zero-order valence-electron chi connectivity index (χ0n) is 22.7. The summed E-state index contributed by atoms with van der Waals surface area (Å²) in [6, 6.07) is -0.0384. The summed E-state index contributed by atoms with van der Waals surface area (Å²) in [4.78, 5) is 33.8. The van der Waals surface area contributed by atoms with Crippen molar-refractivity contribution in [1.29, 1.82) is 5.41 Å². The number of carbonyl (C=O) groups excluding carboxylic acids is 2. The fourth-order valence-electron chi connectivity index (χ4n) is 4.78. The van der Waals surface area contributed by atoms with Gasteiger partial charge in [-0.2, -0.15) is 0 Å². The van der Waals surface area contributed by atoms with Crippen molar-refractivity contribution in [1.82, 2.24) is 30.7 Å². The molecule has 202 valence electrons. The number of nitrogens with zero attached hydrogens (tertiary/aromatic N) is 3. The Balaban J connectivity index is 1.88. The predicted octanol–water partition coefficient (Wildman–Crippen LogP) is 2.34. The first kappa shape index (κ1) is 28.2. The number of rotatable bonds is 9. The maximum atomic E-state index is 13.0. The Kier molecular flexibility index (Phi) is 9.36. The van der Waals surface area contributed by atoms with Crippen LogP contribution in [0.25, 0.3) is 0 Å². The molecule has 2 amide bonds. The molecule has 2 aliphatic heterocycles. The van der Waals surface area contributed by atoms with E-state index in [1.54, 1.807) is 18.9 Å². The minimum atomic E-state index is -0.0872. The van der Waals surface area contributed by atoms with Crippen LogP contribution in [0.15, 0.2) is 34.4 Å². The Morgan fingerprint density at radius 1 is 1.27 bits per heavy atom. The van der Waals surface area contributed by atoms with Gasteiger partial charge in [-0.3, -0.25) is 15.0 Å². The topological polar surface area (TPSA) is 139 Å². The van der Waals surface area contributed by atoms with Gasteiger partial charge in [0, 0.05) is 45.3 Å². The largest absolute Gasteiger partial charge is 0.384 e. The number of likely N-dealkylation sites (tertiary alicyclic amines) is 1. The number of amides is 2. The maximum Gasteiger partial charge on any atom is 0.263 e. The highest BCUT2D eigenvalue weighted by molar-refractivity contribution is 7.13. The van der Waals surface area contributed by atoms with Gasteiger partial charge in [0.15, 0.2) is 0 Å². The SMILES string of the molecule is CCC(C)=C(/C(C(=N)N)=C(/NC)NC1=CCN(C(C)=O)C1)N1CCCC(NC(=O)c2sc(C)nc2C)C1. The van der Waals surface area contributed by atoms with Gasteiger partial charge in [0.05, 0.1) is 28.5 Å². The van der Waals surface area contributed by atoms with Crippen molar-refractivity contribution in [3.05, 3.63) is 50.0 Å². The summed E-state index contributed by atoms with van der Waals surface area (Å²) in [5.74, 6) is 0.496. The van der Waals surface area contributed by atoms with Crippen molar-refractivity contribution < 1.29 is 9.59 Å². The maximum absolute atomic E-state index is 13.0. The lowest BCUT2D eigenvalue weighted by molar-refractivity contribution is -0.127. The van der Waals surface area contributed by atoms with E-state index in [1.165, 1.54) is 11.3 Å². The Labute approximate surface area is 223 Å². The third kappa shape index (κ3) is 6.71. The molecule has 0 saturated carbocycles. The molecule has 0 bridgehead atoms. The minimum absolute atomic E-state index is 0.0160. The van der Waals surface area contributed by atoms with E-state index < -0.39 is 0 Å². The number of nitrogens with two attached hydrogens (primary N) is 1. The van der Waals surface area contributed by atoms with E-state index in [0.29, 0.717) is 35.9 Å². The highest BCUT2D eigenvalue weighted by Gasteiger charge is 2.29. The van der Waals surface area contributed by atoms with E-state index in [1.807, 2.05) is 19.9 Å². The number of nitrogens with one attached hydrogen (secondary N) is 4. The lowest BCUT2D eigenvalue weighted by Crippen LogP contribution is -2.48. The molecule has 1 saturated heterocycles. The Morgan fingerprint density at radius 3 is 2.54 bits per heavy atom. The zero-order valence-corrected chi connectivity index (χ0v) is 23.6. The van der Waals surface area contributed by atoms with E-state index in [0.717, 1.165) is 53.5 Å². The molecule has 37 heavy (non-hydrogen) atoms. The van der Waals surface area contributed by atoms with E-state index >= 15 is 0 Å². The molecule has 0 aromatic carbocycles. The summed E-state index contributed by atoms with van der Waals surface area (Å²) in [6.45, 7) is 11.9. The monoisotopic (exact) mass is 528 g/mol. The van der Waals surface area contributed by atoms with Crippen molar-refractivity contribution in [3.8, 4) is 0 Å². The molecule has 0 spiro atoms. The van der Waals surface area contributed by atoms with Gasteiger partial charge >= 0.3 is 0 Å². The van der Waals surface area contributed by atoms with Crippen molar-refractivity contribution >= 4 is 29.0 Å². The van der Waals surface area contributed by atoms with Gasteiger partial charge in [0.2, 0.25) is 5.91 Å². The Hall–Kier alpha value is -3.34. The number of aromatic nitrogens is 1. The molecule has 1 aromatic rings.